The van der Waals surface area contributed by atoms with Crippen LogP contribution < -0.4 is 5.32 Å². The molecule has 0 aliphatic carbocycles. The summed E-state index contributed by atoms with van der Waals surface area (Å²) in [5, 5.41) is 7.38. The molecule has 0 fully saturated rings. The Morgan fingerprint density at radius 3 is 3.00 bits per heavy atom. The molecule has 0 unspecified atom stereocenters. The third-order valence-corrected chi connectivity index (χ3v) is 3.30. The molecule has 2 rings (SSSR count). The molecule has 0 bridgehead atoms. The number of aromatic nitrogens is 3. The van der Waals surface area contributed by atoms with Crippen LogP contribution >= 0.6 is 15.9 Å². The van der Waals surface area contributed by atoms with Gasteiger partial charge in [0.05, 0.1) is 13.1 Å². The van der Waals surface area contributed by atoms with E-state index in [2.05, 4.69) is 31.3 Å². The highest BCUT2D eigenvalue weighted by molar-refractivity contribution is 9.10. The van der Waals surface area contributed by atoms with Crippen molar-refractivity contribution in [1.82, 2.24) is 20.1 Å². The first kappa shape index (κ1) is 13.2. The molecular formula is C12H14BrFN4. The molecule has 2 aromatic rings. The lowest BCUT2D eigenvalue weighted by Gasteiger charge is -2.08. The van der Waals surface area contributed by atoms with Crippen LogP contribution in [-0.2, 0) is 13.1 Å². The van der Waals surface area contributed by atoms with Crippen molar-refractivity contribution in [3.63, 3.8) is 0 Å². The quantitative estimate of drug-likeness (QED) is 0.921. The first-order valence-electron chi connectivity index (χ1n) is 5.72. The normalized spacial score (nSPS) is 10.8. The number of hydrogen-bond acceptors (Lipinski definition) is 3. The van der Waals surface area contributed by atoms with Gasteiger partial charge in [0, 0.05) is 4.47 Å². The molecule has 0 radical (unpaired) electrons. The summed E-state index contributed by atoms with van der Waals surface area (Å²) in [6, 6.07) is 4.65. The van der Waals surface area contributed by atoms with E-state index in [4.69, 9.17) is 0 Å². The van der Waals surface area contributed by atoms with Gasteiger partial charge >= 0.3 is 0 Å². The van der Waals surface area contributed by atoms with Gasteiger partial charge in [-0.1, -0.05) is 28.9 Å². The maximum Gasteiger partial charge on any atom is 0.141 e. The van der Waals surface area contributed by atoms with E-state index in [9.17, 15) is 4.39 Å². The van der Waals surface area contributed by atoms with Gasteiger partial charge in [-0.15, -0.1) is 0 Å². The van der Waals surface area contributed by atoms with Crippen LogP contribution in [0.3, 0.4) is 0 Å². The number of rotatable bonds is 5. The molecule has 18 heavy (non-hydrogen) atoms. The Hall–Kier alpha value is -1.27. The highest BCUT2D eigenvalue weighted by Crippen LogP contribution is 2.19. The van der Waals surface area contributed by atoms with Crippen molar-refractivity contribution in [2.24, 2.45) is 0 Å². The zero-order chi connectivity index (χ0) is 13.0. The van der Waals surface area contributed by atoms with Crippen LogP contribution in [0.15, 0.2) is 29.0 Å². The van der Waals surface area contributed by atoms with E-state index < -0.39 is 0 Å². The predicted molar refractivity (Wildman–Crippen MR) is 70.6 cm³/mol. The van der Waals surface area contributed by atoms with Gasteiger partial charge in [-0.3, -0.25) is 0 Å². The molecule has 0 spiro atoms. The second-order valence-corrected chi connectivity index (χ2v) is 4.70. The summed E-state index contributed by atoms with van der Waals surface area (Å²) in [5.74, 6) is 0.616. The van der Waals surface area contributed by atoms with Crippen molar-refractivity contribution in [2.45, 2.75) is 20.0 Å². The van der Waals surface area contributed by atoms with Crippen LogP contribution in [0.5, 0.6) is 0 Å². The van der Waals surface area contributed by atoms with Crippen molar-refractivity contribution in [2.75, 3.05) is 6.54 Å². The van der Waals surface area contributed by atoms with Crippen molar-refractivity contribution in [3.05, 3.63) is 46.2 Å². The van der Waals surface area contributed by atoms with E-state index in [1.165, 1.54) is 18.5 Å². The second-order valence-electron chi connectivity index (χ2n) is 3.85. The smallest absolute Gasteiger partial charge is 0.141 e. The Morgan fingerprint density at radius 1 is 1.44 bits per heavy atom. The summed E-state index contributed by atoms with van der Waals surface area (Å²) in [4.78, 5) is 4.20. The van der Waals surface area contributed by atoms with Gasteiger partial charge in [-0.25, -0.2) is 14.1 Å². The standard InChI is InChI=1S/C12H14BrFN4/c1-2-15-6-12-16-8-17-18(12)7-9-3-4-10(14)5-11(9)13/h3-5,8,15H,2,6-7H2,1H3. The highest BCUT2D eigenvalue weighted by Gasteiger charge is 2.07. The van der Waals surface area contributed by atoms with Crippen LogP contribution in [0.25, 0.3) is 0 Å². The first-order chi connectivity index (χ1) is 8.70. The van der Waals surface area contributed by atoms with Crippen molar-refractivity contribution in [1.29, 1.82) is 0 Å². The average molecular weight is 313 g/mol. The fourth-order valence-corrected chi connectivity index (χ4v) is 2.08. The topological polar surface area (TPSA) is 42.7 Å². The van der Waals surface area contributed by atoms with Crippen LogP contribution in [0.2, 0.25) is 0 Å². The molecule has 4 nitrogen and oxygen atoms in total. The first-order valence-corrected chi connectivity index (χ1v) is 6.51. The summed E-state index contributed by atoms with van der Waals surface area (Å²) in [6.45, 7) is 4.17. The Bertz CT molecular complexity index is 527. The summed E-state index contributed by atoms with van der Waals surface area (Å²) >= 11 is 3.35. The monoisotopic (exact) mass is 312 g/mol. The molecule has 1 aromatic heterocycles. The molecule has 0 aliphatic heterocycles. The van der Waals surface area contributed by atoms with E-state index in [0.29, 0.717) is 13.1 Å². The van der Waals surface area contributed by atoms with Gasteiger partial charge in [0.15, 0.2) is 0 Å². The van der Waals surface area contributed by atoms with Gasteiger partial charge in [0.1, 0.15) is 18.0 Å². The summed E-state index contributed by atoms with van der Waals surface area (Å²) in [5.41, 5.74) is 0.972. The predicted octanol–water partition coefficient (Wildman–Crippen LogP) is 2.34. The molecule has 96 valence electrons. The number of halogens is 2. The zero-order valence-corrected chi connectivity index (χ0v) is 11.6. The van der Waals surface area contributed by atoms with Crippen molar-refractivity contribution >= 4 is 15.9 Å². The molecule has 0 atom stereocenters. The summed E-state index contributed by atoms with van der Waals surface area (Å²) < 4.78 is 15.5. The van der Waals surface area contributed by atoms with Gasteiger partial charge in [-0.05, 0) is 24.2 Å². The molecule has 6 heteroatoms. The van der Waals surface area contributed by atoms with E-state index in [1.807, 2.05) is 6.92 Å². The number of benzene rings is 1. The van der Waals surface area contributed by atoms with Gasteiger partial charge in [0.25, 0.3) is 0 Å². The molecule has 0 amide bonds. The minimum atomic E-state index is -0.253. The average Bonchev–Trinajstić information content (AvgIpc) is 2.77. The fraction of sp³-hybridized carbons (Fsp3) is 0.333. The maximum absolute atomic E-state index is 13.0. The van der Waals surface area contributed by atoms with Gasteiger partial charge in [-0.2, -0.15) is 5.10 Å². The Balaban J connectivity index is 2.15. The third-order valence-electron chi connectivity index (χ3n) is 2.56. The van der Waals surface area contributed by atoms with Gasteiger partial charge in [0.2, 0.25) is 0 Å². The molecule has 1 aromatic carbocycles. The number of hydrogen-bond donors (Lipinski definition) is 1. The van der Waals surface area contributed by atoms with Crippen LogP contribution in [0.4, 0.5) is 4.39 Å². The molecular weight excluding hydrogens is 299 g/mol. The molecule has 1 heterocycles. The van der Waals surface area contributed by atoms with Gasteiger partial charge < -0.3 is 5.32 Å². The molecule has 0 saturated heterocycles. The molecule has 0 saturated carbocycles. The lowest BCUT2D eigenvalue weighted by atomic mass is 10.2. The minimum absolute atomic E-state index is 0.253. The van der Waals surface area contributed by atoms with Crippen LogP contribution in [-0.4, -0.2) is 21.3 Å². The van der Waals surface area contributed by atoms with E-state index in [-0.39, 0.29) is 5.82 Å². The minimum Gasteiger partial charge on any atom is -0.310 e. The Labute approximate surface area is 113 Å². The lowest BCUT2D eigenvalue weighted by molar-refractivity contribution is 0.591. The van der Waals surface area contributed by atoms with Crippen LogP contribution in [0, 0.1) is 5.82 Å². The van der Waals surface area contributed by atoms with E-state index in [1.54, 1.807) is 10.7 Å². The van der Waals surface area contributed by atoms with Crippen molar-refractivity contribution in [3.8, 4) is 0 Å². The largest absolute Gasteiger partial charge is 0.310 e. The lowest BCUT2D eigenvalue weighted by Crippen LogP contribution is -2.17. The van der Waals surface area contributed by atoms with E-state index >= 15 is 0 Å². The Morgan fingerprint density at radius 2 is 2.28 bits per heavy atom. The van der Waals surface area contributed by atoms with Crippen molar-refractivity contribution < 1.29 is 4.39 Å². The molecule has 0 aliphatic rings. The summed E-state index contributed by atoms with van der Waals surface area (Å²) in [6.07, 6.45) is 1.53. The SMILES string of the molecule is CCNCc1ncnn1Cc1ccc(F)cc1Br. The maximum atomic E-state index is 13.0. The zero-order valence-electron chi connectivity index (χ0n) is 10.0. The highest BCUT2D eigenvalue weighted by atomic mass is 79.9. The molecule has 1 N–H and O–H groups in total. The number of nitrogens with zero attached hydrogens (tertiary/aromatic N) is 3. The fourth-order valence-electron chi connectivity index (χ4n) is 1.61. The second kappa shape index (κ2) is 6.06. The van der Waals surface area contributed by atoms with E-state index in [0.717, 1.165) is 22.4 Å². The number of nitrogens with one attached hydrogen (secondary N) is 1. The third kappa shape index (κ3) is 3.14. The van der Waals surface area contributed by atoms with Crippen LogP contribution in [0.1, 0.15) is 18.3 Å². The Kier molecular flexibility index (Phi) is 4.43. The summed E-state index contributed by atoms with van der Waals surface area (Å²) in [7, 11) is 0.